The first kappa shape index (κ1) is 18.5. The fourth-order valence-electron chi connectivity index (χ4n) is 2.48. The topological polar surface area (TPSA) is 97.6 Å². The molecule has 0 radical (unpaired) electrons. The zero-order valence-corrected chi connectivity index (χ0v) is 14.8. The number of rotatable bonds is 6. The van der Waals surface area contributed by atoms with Crippen LogP contribution in [0, 0.1) is 13.8 Å². The second-order valence-corrected chi connectivity index (χ2v) is 5.79. The molecule has 1 atom stereocenters. The van der Waals surface area contributed by atoms with Crippen LogP contribution in [0.1, 0.15) is 25.0 Å². The van der Waals surface area contributed by atoms with Gasteiger partial charge in [0.15, 0.2) is 6.61 Å². The van der Waals surface area contributed by atoms with Crippen LogP contribution in [0.2, 0.25) is 0 Å². The molecule has 0 aliphatic rings. The van der Waals surface area contributed by atoms with Crippen molar-refractivity contribution in [1.29, 1.82) is 0 Å². The van der Waals surface area contributed by atoms with E-state index < -0.39 is 17.6 Å². The fraction of sp³-hybridized carbons (Fsp3) is 0.389. The minimum Gasteiger partial charge on any atom is -0.483 e. The number of ether oxygens (including phenoxy) is 1. The van der Waals surface area contributed by atoms with Gasteiger partial charge in [-0.3, -0.25) is 9.59 Å². The standard InChI is InChI=1S/C18H22N2O5/c1-5-19-18(23)12(4)20-15(21)9-24-14-7-6-13-10(2)8-16(22)25-17(13)11(14)3/h6-8,12H,5,9H2,1-4H3,(H,19,23)(H,20,21)/t12-/m1/s1. The lowest BCUT2D eigenvalue weighted by molar-refractivity contribution is -0.129. The van der Waals surface area contributed by atoms with E-state index in [-0.39, 0.29) is 12.5 Å². The molecule has 2 aromatic rings. The van der Waals surface area contributed by atoms with Crippen LogP contribution in [0.5, 0.6) is 5.75 Å². The number of hydrogen-bond acceptors (Lipinski definition) is 5. The molecular formula is C18H22N2O5. The molecule has 7 nitrogen and oxygen atoms in total. The van der Waals surface area contributed by atoms with Crippen molar-refractivity contribution in [3.63, 3.8) is 0 Å². The molecule has 1 heterocycles. The Hall–Kier alpha value is -2.83. The van der Waals surface area contributed by atoms with Crippen LogP contribution in [-0.2, 0) is 9.59 Å². The lowest BCUT2D eigenvalue weighted by Gasteiger charge is -2.15. The van der Waals surface area contributed by atoms with Crippen molar-refractivity contribution < 1.29 is 18.7 Å². The van der Waals surface area contributed by atoms with Gasteiger partial charge in [-0.2, -0.15) is 0 Å². The van der Waals surface area contributed by atoms with Gasteiger partial charge in [-0.25, -0.2) is 4.79 Å². The second-order valence-electron chi connectivity index (χ2n) is 5.79. The molecule has 2 amide bonds. The Morgan fingerprint density at radius 3 is 2.68 bits per heavy atom. The summed E-state index contributed by atoms with van der Waals surface area (Å²) in [5.74, 6) is -0.221. The van der Waals surface area contributed by atoms with E-state index >= 15 is 0 Å². The van der Waals surface area contributed by atoms with E-state index in [1.54, 1.807) is 32.9 Å². The van der Waals surface area contributed by atoms with E-state index in [9.17, 15) is 14.4 Å². The number of likely N-dealkylation sites (N-methyl/N-ethyl adjacent to an activating group) is 1. The Bertz CT molecular complexity index is 856. The molecule has 25 heavy (non-hydrogen) atoms. The summed E-state index contributed by atoms with van der Waals surface area (Å²) in [5, 5.41) is 6.01. The van der Waals surface area contributed by atoms with Gasteiger partial charge in [0.05, 0.1) is 0 Å². The molecule has 134 valence electrons. The largest absolute Gasteiger partial charge is 0.483 e. The minimum absolute atomic E-state index is 0.244. The molecule has 7 heteroatoms. The Balaban J connectivity index is 2.08. The normalized spacial score (nSPS) is 11.8. The highest BCUT2D eigenvalue weighted by molar-refractivity contribution is 5.88. The number of nitrogens with one attached hydrogen (secondary N) is 2. The average Bonchev–Trinajstić information content (AvgIpc) is 2.55. The number of benzene rings is 1. The van der Waals surface area contributed by atoms with Gasteiger partial charge >= 0.3 is 5.63 Å². The molecule has 0 bridgehead atoms. The van der Waals surface area contributed by atoms with Crippen LogP contribution in [0.15, 0.2) is 27.4 Å². The summed E-state index contributed by atoms with van der Waals surface area (Å²) in [6.07, 6.45) is 0. The van der Waals surface area contributed by atoms with Gasteiger partial charge in [-0.05, 0) is 45.4 Å². The summed E-state index contributed by atoms with van der Waals surface area (Å²) in [4.78, 5) is 35.1. The molecule has 1 aromatic heterocycles. The molecule has 0 saturated carbocycles. The van der Waals surface area contributed by atoms with E-state index in [0.29, 0.717) is 23.4 Å². The molecular weight excluding hydrogens is 324 g/mol. The maximum atomic E-state index is 11.9. The highest BCUT2D eigenvalue weighted by Crippen LogP contribution is 2.28. The van der Waals surface area contributed by atoms with Crippen LogP contribution < -0.4 is 21.0 Å². The van der Waals surface area contributed by atoms with Crippen LogP contribution in [0.3, 0.4) is 0 Å². The third-order valence-corrected chi connectivity index (χ3v) is 3.80. The van der Waals surface area contributed by atoms with Crippen LogP contribution in [0.4, 0.5) is 0 Å². The Morgan fingerprint density at radius 1 is 1.28 bits per heavy atom. The van der Waals surface area contributed by atoms with Gasteiger partial charge in [0, 0.05) is 23.6 Å². The molecule has 0 saturated heterocycles. The van der Waals surface area contributed by atoms with Gasteiger partial charge in [-0.15, -0.1) is 0 Å². The molecule has 0 aliphatic heterocycles. The summed E-state index contributed by atoms with van der Waals surface area (Å²) in [7, 11) is 0. The van der Waals surface area contributed by atoms with Crippen LogP contribution in [0.25, 0.3) is 11.0 Å². The lowest BCUT2D eigenvalue weighted by atomic mass is 10.1. The number of amides is 2. The fourth-order valence-corrected chi connectivity index (χ4v) is 2.48. The van der Waals surface area contributed by atoms with Crippen molar-refractivity contribution in [2.75, 3.05) is 13.2 Å². The monoisotopic (exact) mass is 346 g/mol. The minimum atomic E-state index is -0.644. The smallest absolute Gasteiger partial charge is 0.336 e. The predicted molar refractivity (Wildman–Crippen MR) is 93.7 cm³/mol. The summed E-state index contributed by atoms with van der Waals surface area (Å²) in [5.41, 5.74) is 1.47. The van der Waals surface area contributed by atoms with E-state index in [1.165, 1.54) is 6.07 Å². The summed E-state index contributed by atoms with van der Waals surface area (Å²) >= 11 is 0. The number of aryl methyl sites for hydroxylation is 2. The first-order valence-electron chi connectivity index (χ1n) is 8.07. The number of carbonyl (C=O) groups is 2. The van der Waals surface area contributed by atoms with Crippen molar-refractivity contribution in [2.45, 2.75) is 33.7 Å². The number of hydrogen-bond donors (Lipinski definition) is 2. The van der Waals surface area contributed by atoms with Crippen LogP contribution in [-0.4, -0.2) is 31.0 Å². The summed E-state index contributed by atoms with van der Waals surface area (Å²) in [6.45, 7) is 7.24. The van der Waals surface area contributed by atoms with E-state index in [4.69, 9.17) is 9.15 Å². The molecule has 1 aromatic carbocycles. The van der Waals surface area contributed by atoms with E-state index in [1.807, 2.05) is 6.92 Å². The maximum Gasteiger partial charge on any atom is 0.336 e. The van der Waals surface area contributed by atoms with Crippen molar-refractivity contribution in [1.82, 2.24) is 10.6 Å². The van der Waals surface area contributed by atoms with Gasteiger partial charge in [-0.1, -0.05) is 0 Å². The molecule has 0 unspecified atom stereocenters. The van der Waals surface area contributed by atoms with Crippen LogP contribution >= 0.6 is 0 Å². The Morgan fingerprint density at radius 2 is 2.00 bits per heavy atom. The van der Waals surface area contributed by atoms with Gasteiger partial charge in [0.25, 0.3) is 5.91 Å². The van der Waals surface area contributed by atoms with Gasteiger partial charge < -0.3 is 19.8 Å². The number of fused-ring (bicyclic) bond motifs is 1. The Kier molecular flexibility index (Phi) is 5.80. The third-order valence-electron chi connectivity index (χ3n) is 3.80. The van der Waals surface area contributed by atoms with Gasteiger partial charge in [0.2, 0.25) is 5.91 Å². The van der Waals surface area contributed by atoms with Crippen molar-refractivity contribution in [3.05, 3.63) is 39.7 Å². The predicted octanol–water partition coefficient (Wildman–Crippen LogP) is 1.43. The van der Waals surface area contributed by atoms with Crippen molar-refractivity contribution in [3.8, 4) is 5.75 Å². The lowest BCUT2D eigenvalue weighted by Crippen LogP contribution is -2.46. The highest BCUT2D eigenvalue weighted by atomic mass is 16.5. The summed E-state index contributed by atoms with van der Waals surface area (Å²) < 4.78 is 10.8. The zero-order valence-electron chi connectivity index (χ0n) is 14.8. The van der Waals surface area contributed by atoms with Crippen molar-refractivity contribution in [2.24, 2.45) is 0 Å². The molecule has 0 fully saturated rings. The zero-order chi connectivity index (χ0) is 18.6. The molecule has 2 N–H and O–H groups in total. The SMILES string of the molecule is CCNC(=O)[C@@H](C)NC(=O)COc1ccc2c(C)cc(=O)oc2c1C. The highest BCUT2D eigenvalue weighted by Gasteiger charge is 2.16. The Labute approximate surface area is 145 Å². The maximum absolute atomic E-state index is 11.9. The molecule has 0 spiro atoms. The molecule has 0 aliphatic carbocycles. The second kappa shape index (κ2) is 7.83. The van der Waals surface area contributed by atoms with Gasteiger partial charge in [0.1, 0.15) is 17.4 Å². The van der Waals surface area contributed by atoms with E-state index in [2.05, 4.69) is 10.6 Å². The van der Waals surface area contributed by atoms with Crippen molar-refractivity contribution >= 4 is 22.8 Å². The third kappa shape index (κ3) is 4.37. The quantitative estimate of drug-likeness (QED) is 0.771. The first-order chi connectivity index (χ1) is 11.8. The molecule has 2 rings (SSSR count). The van der Waals surface area contributed by atoms with E-state index in [0.717, 1.165) is 10.9 Å². The number of carbonyl (C=O) groups excluding carboxylic acids is 2. The first-order valence-corrected chi connectivity index (χ1v) is 8.07. The average molecular weight is 346 g/mol. The summed E-state index contributed by atoms with van der Waals surface area (Å²) in [6, 6.07) is 4.30.